The zero-order valence-corrected chi connectivity index (χ0v) is 8.96. The molecule has 0 saturated heterocycles. The minimum atomic E-state index is 0.535. The van der Waals surface area contributed by atoms with Crippen LogP contribution < -0.4 is 0 Å². The van der Waals surface area contributed by atoms with Gasteiger partial charge in [-0.2, -0.15) is 0 Å². The van der Waals surface area contributed by atoms with Gasteiger partial charge in [-0.05, 0) is 26.2 Å². The molecule has 0 aromatic heterocycles. The molecule has 0 fully saturated rings. The molecule has 0 spiro atoms. The quantitative estimate of drug-likeness (QED) is 0.548. The summed E-state index contributed by atoms with van der Waals surface area (Å²) in [5.74, 6) is 0.535. The van der Waals surface area contributed by atoms with Gasteiger partial charge in [-0.3, -0.25) is 0 Å². The topological polar surface area (TPSA) is 0 Å². The van der Waals surface area contributed by atoms with E-state index in [-0.39, 0.29) is 0 Å². The van der Waals surface area contributed by atoms with Gasteiger partial charge in [0.2, 0.25) is 0 Å². The largest absolute Gasteiger partial charge is 0.0991 e. The first-order valence-electron chi connectivity index (χ1n) is 4.84. The van der Waals surface area contributed by atoms with Gasteiger partial charge < -0.3 is 0 Å². The fourth-order valence-corrected chi connectivity index (χ4v) is 0.929. The molecule has 0 heterocycles. The van der Waals surface area contributed by atoms with Crippen molar-refractivity contribution >= 4 is 0 Å². The average Bonchev–Trinajstić information content (AvgIpc) is 2.17. The fourth-order valence-electron chi connectivity index (χ4n) is 0.929. The molecule has 13 heavy (non-hydrogen) atoms. The highest BCUT2D eigenvalue weighted by Crippen LogP contribution is 2.08. The molecule has 0 rings (SSSR count). The summed E-state index contributed by atoms with van der Waals surface area (Å²) < 4.78 is 0. The molecule has 1 unspecified atom stereocenters. The molecule has 0 aliphatic rings. The van der Waals surface area contributed by atoms with Crippen LogP contribution in [0.1, 0.15) is 27.2 Å². The highest BCUT2D eigenvalue weighted by Gasteiger charge is 1.93. The maximum Gasteiger partial charge on any atom is -0.00498 e. The molecule has 0 bridgehead atoms. The molecule has 1 atom stereocenters. The molecule has 0 amide bonds. The van der Waals surface area contributed by atoms with Crippen molar-refractivity contribution in [1.29, 1.82) is 0 Å². The van der Waals surface area contributed by atoms with E-state index in [4.69, 9.17) is 0 Å². The Kier molecular flexibility index (Phi) is 6.99. The lowest BCUT2D eigenvalue weighted by molar-refractivity contribution is 0.773. The van der Waals surface area contributed by atoms with E-state index in [1.807, 2.05) is 12.2 Å². The van der Waals surface area contributed by atoms with Crippen molar-refractivity contribution in [2.75, 3.05) is 0 Å². The molecule has 0 aliphatic carbocycles. The van der Waals surface area contributed by atoms with Crippen LogP contribution in [0.25, 0.3) is 0 Å². The minimum absolute atomic E-state index is 0.535. The Morgan fingerprint density at radius 1 is 1.38 bits per heavy atom. The molecule has 0 aliphatic heterocycles. The smallest absolute Gasteiger partial charge is 0.00498 e. The van der Waals surface area contributed by atoms with Gasteiger partial charge in [-0.1, -0.05) is 55.5 Å². The second-order valence-corrected chi connectivity index (χ2v) is 3.08. The summed E-state index contributed by atoms with van der Waals surface area (Å²) >= 11 is 0. The number of allylic oxidation sites excluding steroid dienone is 7. The molecular weight excluding hydrogens is 156 g/mol. The minimum Gasteiger partial charge on any atom is -0.0991 e. The van der Waals surface area contributed by atoms with Crippen LogP contribution in [0.15, 0.2) is 48.6 Å². The SMILES string of the molecule is C=C/C=C\C(C=C/C(C)=C\C)CC. The summed E-state index contributed by atoms with van der Waals surface area (Å²) in [6.45, 7) is 10.0. The summed E-state index contributed by atoms with van der Waals surface area (Å²) in [6.07, 6.45) is 13.6. The van der Waals surface area contributed by atoms with E-state index in [2.05, 4.69) is 51.7 Å². The highest BCUT2D eigenvalue weighted by molar-refractivity contribution is 5.17. The van der Waals surface area contributed by atoms with Crippen LogP contribution in [0.3, 0.4) is 0 Å². The second-order valence-electron chi connectivity index (χ2n) is 3.08. The maximum absolute atomic E-state index is 3.66. The Hall–Kier alpha value is -1.04. The van der Waals surface area contributed by atoms with Crippen molar-refractivity contribution in [3.8, 4) is 0 Å². The number of hydrogen-bond acceptors (Lipinski definition) is 0. The monoisotopic (exact) mass is 176 g/mol. The first-order chi connectivity index (χ1) is 6.24. The van der Waals surface area contributed by atoms with Gasteiger partial charge in [0.25, 0.3) is 0 Å². The normalized spacial score (nSPS) is 15.5. The molecular formula is C13H20. The molecule has 72 valence electrons. The van der Waals surface area contributed by atoms with Crippen LogP contribution in [-0.2, 0) is 0 Å². The number of rotatable bonds is 5. The molecule has 0 saturated carbocycles. The van der Waals surface area contributed by atoms with E-state index < -0.39 is 0 Å². The zero-order valence-electron chi connectivity index (χ0n) is 8.96. The predicted octanol–water partition coefficient (Wildman–Crippen LogP) is 4.28. The van der Waals surface area contributed by atoms with E-state index in [0.717, 1.165) is 6.42 Å². The van der Waals surface area contributed by atoms with Gasteiger partial charge >= 0.3 is 0 Å². The lowest BCUT2D eigenvalue weighted by Crippen LogP contribution is -1.87. The van der Waals surface area contributed by atoms with Gasteiger partial charge in [0.1, 0.15) is 0 Å². The van der Waals surface area contributed by atoms with Crippen LogP contribution in [-0.4, -0.2) is 0 Å². The van der Waals surface area contributed by atoms with Gasteiger partial charge in [-0.15, -0.1) is 0 Å². The van der Waals surface area contributed by atoms with Gasteiger partial charge in [0, 0.05) is 0 Å². The third-order valence-electron chi connectivity index (χ3n) is 2.03. The van der Waals surface area contributed by atoms with Crippen molar-refractivity contribution < 1.29 is 0 Å². The van der Waals surface area contributed by atoms with Crippen LogP contribution in [0, 0.1) is 5.92 Å². The van der Waals surface area contributed by atoms with E-state index in [9.17, 15) is 0 Å². The van der Waals surface area contributed by atoms with Crippen molar-refractivity contribution in [3.05, 3.63) is 48.6 Å². The zero-order chi connectivity index (χ0) is 10.1. The van der Waals surface area contributed by atoms with Crippen LogP contribution in [0.5, 0.6) is 0 Å². The first kappa shape index (κ1) is 12.0. The summed E-state index contributed by atoms with van der Waals surface area (Å²) in [5, 5.41) is 0. The highest BCUT2D eigenvalue weighted by atomic mass is 14.0. The molecule has 0 radical (unpaired) electrons. The van der Waals surface area contributed by atoms with Gasteiger partial charge in [0.15, 0.2) is 0 Å². The molecule has 0 nitrogen and oxygen atoms in total. The first-order valence-corrected chi connectivity index (χ1v) is 4.84. The van der Waals surface area contributed by atoms with Crippen molar-refractivity contribution in [2.24, 2.45) is 5.92 Å². The molecule has 0 heteroatoms. The molecule has 0 N–H and O–H groups in total. The summed E-state index contributed by atoms with van der Waals surface area (Å²) in [6, 6.07) is 0. The van der Waals surface area contributed by atoms with Crippen LogP contribution in [0.2, 0.25) is 0 Å². The predicted molar refractivity (Wildman–Crippen MR) is 61.7 cm³/mol. The average molecular weight is 176 g/mol. The van der Waals surface area contributed by atoms with E-state index >= 15 is 0 Å². The Balaban J connectivity index is 4.19. The third-order valence-corrected chi connectivity index (χ3v) is 2.03. The van der Waals surface area contributed by atoms with Crippen LogP contribution >= 0.6 is 0 Å². The van der Waals surface area contributed by atoms with Gasteiger partial charge in [0.05, 0.1) is 0 Å². The van der Waals surface area contributed by atoms with E-state index in [1.54, 1.807) is 0 Å². The third kappa shape index (κ3) is 6.15. The Morgan fingerprint density at radius 3 is 2.54 bits per heavy atom. The second kappa shape index (κ2) is 7.60. The van der Waals surface area contributed by atoms with Gasteiger partial charge in [-0.25, -0.2) is 0 Å². The maximum atomic E-state index is 3.66. The standard InChI is InChI=1S/C13H20/c1-5-8-9-13(7-3)11-10-12(4)6-2/h5-6,8-11,13H,1,7H2,2-4H3/b9-8-,11-10?,12-6-. The Labute approximate surface area is 82.4 Å². The molecule has 0 aromatic rings. The summed E-state index contributed by atoms with van der Waals surface area (Å²) in [5.41, 5.74) is 1.31. The summed E-state index contributed by atoms with van der Waals surface area (Å²) in [4.78, 5) is 0. The van der Waals surface area contributed by atoms with Crippen molar-refractivity contribution in [1.82, 2.24) is 0 Å². The Bertz CT molecular complexity index is 216. The van der Waals surface area contributed by atoms with E-state index in [1.165, 1.54) is 5.57 Å². The molecule has 0 aromatic carbocycles. The lowest BCUT2D eigenvalue weighted by Gasteiger charge is -2.01. The van der Waals surface area contributed by atoms with Crippen molar-refractivity contribution in [3.63, 3.8) is 0 Å². The van der Waals surface area contributed by atoms with Crippen molar-refractivity contribution in [2.45, 2.75) is 27.2 Å². The van der Waals surface area contributed by atoms with E-state index in [0.29, 0.717) is 5.92 Å². The fraction of sp³-hybridized carbons (Fsp3) is 0.385. The lowest BCUT2D eigenvalue weighted by atomic mass is 10.0. The van der Waals surface area contributed by atoms with Crippen LogP contribution in [0.4, 0.5) is 0 Å². The number of hydrogen-bond donors (Lipinski definition) is 0. The Morgan fingerprint density at radius 2 is 2.08 bits per heavy atom. The summed E-state index contributed by atoms with van der Waals surface area (Å²) in [7, 11) is 0.